The molecule has 4 atom stereocenters. The highest BCUT2D eigenvalue weighted by Crippen LogP contribution is 2.52. The summed E-state index contributed by atoms with van der Waals surface area (Å²) in [7, 11) is 0. The molecule has 0 spiro atoms. The zero-order valence-electron chi connectivity index (χ0n) is 17.3. The topological polar surface area (TPSA) is 69.7 Å². The quantitative estimate of drug-likeness (QED) is 0.568. The normalized spacial score (nSPS) is 35.9. The summed E-state index contributed by atoms with van der Waals surface area (Å²) in [5.41, 5.74) is 0.0624. The lowest BCUT2D eigenvalue weighted by atomic mass is 9.79. The van der Waals surface area contributed by atoms with Gasteiger partial charge in [-0.3, -0.25) is 24.2 Å². The summed E-state index contributed by atoms with van der Waals surface area (Å²) in [6, 6.07) is 0. The average molecular weight is 400 g/mol. The largest absolute Gasteiger partial charge is 0.353 e. The zero-order chi connectivity index (χ0) is 20.0. The van der Waals surface area contributed by atoms with Crippen LogP contribution in [0, 0.1) is 23.7 Å². The van der Waals surface area contributed by atoms with E-state index in [1.807, 2.05) is 0 Å². The highest BCUT2D eigenvalue weighted by molar-refractivity contribution is 6.08. The van der Waals surface area contributed by atoms with Gasteiger partial charge in [0.2, 0.25) is 17.7 Å². The van der Waals surface area contributed by atoms with Crippen molar-refractivity contribution in [2.45, 2.75) is 63.3 Å². The van der Waals surface area contributed by atoms with Gasteiger partial charge in [-0.2, -0.15) is 0 Å². The zero-order valence-corrected chi connectivity index (χ0v) is 17.3. The summed E-state index contributed by atoms with van der Waals surface area (Å²) in [4.78, 5) is 42.3. The molecular formula is C23H33N3O3. The Labute approximate surface area is 173 Å². The molecule has 0 unspecified atom stereocenters. The number of allylic oxidation sites excluding steroid dienone is 2. The molecule has 2 heterocycles. The van der Waals surface area contributed by atoms with Crippen molar-refractivity contribution >= 4 is 17.7 Å². The minimum absolute atomic E-state index is 0.0624. The van der Waals surface area contributed by atoms with Crippen LogP contribution < -0.4 is 5.32 Å². The van der Waals surface area contributed by atoms with Gasteiger partial charge >= 0.3 is 0 Å². The van der Waals surface area contributed by atoms with Gasteiger partial charge in [0.15, 0.2) is 0 Å². The van der Waals surface area contributed by atoms with Gasteiger partial charge in [-0.05, 0) is 57.0 Å². The number of carbonyl (C=O) groups excluding carboxylic acids is 3. The lowest BCUT2D eigenvalue weighted by molar-refractivity contribution is -0.144. The lowest BCUT2D eigenvalue weighted by Gasteiger charge is -2.48. The SMILES string of the molecule is O=C(CN1C(=O)[C@@H]2[C@H](C1=O)[C@H]1C=C[C@H]2C1)NCC1(N2CCCCC2)CCCCC1. The summed E-state index contributed by atoms with van der Waals surface area (Å²) < 4.78 is 0. The van der Waals surface area contributed by atoms with Crippen molar-refractivity contribution in [2.24, 2.45) is 23.7 Å². The number of fused-ring (bicyclic) bond motifs is 5. The lowest BCUT2D eigenvalue weighted by Crippen LogP contribution is -2.58. The Kier molecular flexibility index (Phi) is 5.01. The van der Waals surface area contributed by atoms with Crippen molar-refractivity contribution in [3.8, 4) is 0 Å². The monoisotopic (exact) mass is 399 g/mol. The molecule has 2 bridgehead atoms. The number of hydrogen-bond donors (Lipinski definition) is 1. The Balaban J connectivity index is 1.21. The fraction of sp³-hybridized carbons (Fsp3) is 0.783. The fourth-order valence-electron chi connectivity index (χ4n) is 6.77. The van der Waals surface area contributed by atoms with Gasteiger partial charge in [-0.25, -0.2) is 0 Å². The number of rotatable bonds is 5. The van der Waals surface area contributed by atoms with E-state index in [0.29, 0.717) is 6.54 Å². The Morgan fingerprint density at radius 1 is 0.931 bits per heavy atom. The second-order valence-electron chi connectivity index (χ2n) is 9.87. The number of nitrogens with one attached hydrogen (secondary N) is 1. The Morgan fingerprint density at radius 2 is 1.52 bits per heavy atom. The summed E-state index contributed by atoms with van der Waals surface area (Å²) >= 11 is 0. The Hall–Kier alpha value is -1.69. The first-order valence-corrected chi connectivity index (χ1v) is 11.6. The predicted octanol–water partition coefficient (Wildman–Crippen LogP) is 2.10. The van der Waals surface area contributed by atoms with E-state index in [1.165, 1.54) is 43.4 Å². The average Bonchev–Trinajstić information content (AvgIpc) is 3.44. The maximum Gasteiger partial charge on any atom is 0.240 e. The molecule has 3 aliphatic carbocycles. The molecule has 2 aliphatic heterocycles. The summed E-state index contributed by atoms with van der Waals surface area (Å²) in [5.74, 6) is -0.496. The molecule has 158 valence electrons. The van der Waals surface area contributed by atoms with Crippen LogP contribution in [-0.2, 0) is 14.4 Å². The number of imide groups is 1. The number of hydrogen-bond acceptors (Lipinski definition) is 4. The van der Waals surface area contributed by atoms with Crippen molar-refractivity contribution < 1.29 is 14.4 Å². The molecule has 6 nitrogen and oxygen atoms in total. The van der Waals surface area contributed by atoms with Gasteiger partial charge in [-0.15, -0.1) is 0 Å². The van der Waals surface area contributed by atoms with E-state index in [4.69, 9.17) is 0 Å². The van der Waals surface area contributed by atoms with E-state index in [2.05, 4.69) is 22.4 Å². The van der Waals surface area contributed by atoms with Crippen LogP contribution in [0.4, 0.5) is 0 Å². The minimum Gasteiger partial charge on any atom is -0.353 e. The number of nitrogens with zero attached hydrogens (tertiary/aromatic N) is 2. The van der Waals surface area contributed by atoms with Crippen molar-refractivity contribution in [3.63, 3.8) is 0 Å². The molecule has 29 heavy (non-hydrogen) atoms. The van der Waals surface area contributed by atoms with Gasteiger partial charge in [0.05, 0.1) is 11.8 Å². The Morgan fingerprint density at radius 3 is 2.14 bits per heavy atom. The molecule has 5 rings (SSSR count). The first-order valence-electron chi connectivity index (χ1n) is 11.6. The molecule has 5 aliphatic rings. The maximum absolute atomic E-state index is 12.8. The second-order valence-corrected chi connectivity index (χ2v) is 9.87. The van der Waals surface area contributed by atoms with Gasteiger partial charge in [0.25, 0.3) is 0 Å². The molecular weight excluding hydrogens is 366 g/mol. The standard InChI is InChI=1S/C23H33N3O3/c27-18(14-26-21(28)19-16-7-8-17(13-16)20(19)22(26)29)24-15-23(9-3-1-4-10-23)25-11-5-2-6-12-25/h7-8,16-17,19-20H,1-6,9-15H2,(H,24,27)/t16-,17-,19-,20+/m0/s1. The van der Waals surface area contributed by atoms with Crippen LogP contribution in [0.5, 0.6) is 0 Å². The smallest absolute Gasteiger partial charge is 0.240 e. The molecule has 0 radical (unpaired) electrons. The van der Waals surface area contributed by atoms with Crippen molar-refractivity contribution in [2.75, 3.05) is 26.2 Å². The van der Waals surface area contributed by atoms with Crippen LogP contribution in [0.15, 0.2) is 12.2 Å². The fourth-order valence-corrected chi connectivity index (χ4v) is 6.77. The van der Waals surface area contributed by atoms with Crippen LogP contribution in [0.25, 0.3) is 0 Å². The highest BCUT2D eigenvalue weighted by atomic mass is 16.2. The minimum atomic E-state index is -0.219. The van der Waals surface area contributed by atoms with Crippen molar-refractivity contribution in [3.05, 3.63) is 12.2 Å². The number of amides is 3. The molecule has 3 amide bonds. The third-order valence-electron chi connectivity index (χ3n) is 8.29. The molecule has 0 aromatic carbocycles. The van der Waals surface area contributed by atoms with Crippen molar-refractivity contribution in [1.82, 2.24) is 15.1 Å². The van der Waals surface area contributed by atoms with Crippen LogP contribution in [-0.4, -0.2) is 59.2 Å². The van der Waals surface area contributed by atoms with Gasteiger partial charge in [-0.1, -0.05) is 37.8 Å². The van der Waals surface area contributed by atoms with Gasteiger partial charge in [0, 0.05) is 12.1 Å². The second kappa shape index (κ2) is 7.53. The first kappa shape index (κ1) is 19.3. The van der Waals surface area contributed by atoms with Crippen molar-refractivity contribution in [1.29, 1.82) is 0 Å². The van der Waals surface area contributed by atoms with Crippen LogP contribution in [0.3, 0.4) is 0 Å². The highest BCUT2D eigenvalue weighted by Gasteiger charge is 2.59. The van der Waals surface area contributed by atoms with Gasteiger partial charge < -0.3 is 5.32 Å². The maximum atomic E-state index is 12.8. The van der Waals surface area contributed by atoms with E-state index in [-0.39, 0.29) is 53.5 Å². The summed E-state index contributed by atoms with van der Waals surface area (Å²) in [6.45, 7) is 2.78. The van der Waals surface area contributed by atoms with E-state index >= 15 is 0 Å². The van der Waals surface area contributed by atoms with Crippen LogP contribution >= 0.6 is 0 Å². The van der Waals surface area contributed by atoms with E-state index in [1.54, 1.807) is 0 Å². The van der Waals surface area contributed by atoms with Crippen LogP contribution in [0.1, 0.15) is 57.8 Å². The summed E-state index contributed by atoms with van der Waals surface area (Å²) in [5, 5.41) is 3.12. The molecule has 1 N–H and O–H groups in total. The number of carbonyl (C=O) groups is 3. The first-order chi connectivity index (χ1) is 14.1. The van der Waals surface area contributed by atoms with E-state index in [9.17, 15) is 14.4 Å². The number of piperidine rings is 1. The summed E-state index contributed by atoms with van der Waals surface area (Å²) in [6.07, 6.45) is 14.9. The third-order valence-corrected chi connectivity index (χ3v) is 8.29. The molecule has 0 aromatic rings. The van der Waals surface area contributed by atoms with Gasteiger partial charge in [0.1, 0.15) is 6.54 Å². The number of likely N-dealkylation sites (tertiary alicyclic amines) is 2. The Bertz CT molecular complexity index is 691. The van der Waals surface area contributed by atoms with E-state index < -0.39 is 0 Å². The predicted molar refractivity (Wildman–Crippen MR) is 109 cm³/mol. The molecule has 6 heteroatoms. The molecule has 2 saturated heterocycles. The molecule has 2 saturated carbocycles. The third kappa shape index (κ3) is 3.24. The molecule has 4 fully saturated rings. The van der Waals surface area contributed by atoms with E-state index in [0.717, 1.165) is 32.4 Å². The molecule has 0 aromatic heterocycles. The van der Waals surface area contributed by atoms with Crippen LogP contribution in [0.2, 0.25) is 0 Å².